The van der Waals surface area contributed by atoms with E-state index in [0.29, 0.717) is 35.4 Å². The van der Waals surface area contributed by atoms with Gasteiger partial charge in [-0.1, -0.05) is 42.1 Å². The van der Waals surface area contributed by atoms with Crippen LogP contribution in [0.4, 0.5) is 4.39 Å². The molecule has 6 nitrogen and oxygen atoms in total. The number of amides is 1. The van der Waals surface area contributed by atoms with Gasteiger partial charge in [-0.2, -0.15) is 0 Å². The van der Waals surface area contributed by atoms with E-state index in [4.69, 9.17) is 9.15 Å². The number of hydrogen-bond donors (Lipinski definition) is 0. The standard InChI is InChI=1S/C26H24FN3O3S/c27-19-7-3-6-18(14-19)15-30(16-20-8-4-13-32-20)25(31)24-22(17-34-26-28-11-5-12-29-26)21-9-1-2-10-23(21)33-24/h1-3,5-7,9-12,14,20H,4,8,13,15-17H2. The predicted molar refractivity (Wildman–Crippen MR) is 128 cm³/mol. The Morgan fingerprint density at radius 1 is 1.12 bits per heavy atom. The van der Waals surface area contributed by atoms with Gasteiger partial charge in [0.05, 0.1) is 6.10 Å². The van der Waals surface area contributed by atoms with Crippen LogP contribution < -0.4 is 0 Å². The van der Waals surface area contributed by atoms with E-state index in [-0.39, 0.29) is 24.4 Å². The van der Waals surface area contributed by atoms with Crippen molar-refractivity contribution < 1.29 is 18.3 Å². The van der Waals surface area contributed by atoms with Gasteiger partial charge in [-0.15, -0.1) is 0 Å². The lowest BCUT2D eigenvalue weighted by Gasteiger charge is -2.25. The molecule has 0 spiro atoms. The number of para-hydroxylation sites is 1. The van der Waals surface area contributed by atoms with E-state index in [0.717, 1.165) is 29.4 Å². The maximum absolute atomic E-state index is 13.9. The summed E-state index contributed by atoms with van der Waals surface area (Å²) in [6.07, 6.45) is 5.20. The summed E-state index contributed by atoms with van der Waals surface area (Å²) in [5.74, 6) is 0.209. The maximum atomic E-state index is 13.9. The fourth-order valence-electron chi connectivity index (χ4n) is 4.16. The molecule has 0 N–H and O–H groups in total. The molecule has 0 radical (unpaired) electrons. The zero-order chi connectivity index (χ0) is 23.3. The van der Waals surface area contributed by atoms with Crippen molar-refractivity contribution in [2.24, 2.45) is 0 Å². The van der Waals surface area contributed by atoms with Gasteiger partial charge in [0.1, 0.15) is 11.4 Å². The predicted octanol–water partition coefficient (Wildman–Crippen LogP) is 5.48. The molecule has 8 heteroatoms. The third kappa shape index (κ3) is 5.13. The molecule has 1 atom stereocenters. The van der Waals surface area contributed by atoms with E-state index in [1.165, 1.54) is 23.9 Å². The molecule has 3 heterocycles. The second-order valence-electron chi connectivity index (χ2n) is 8.18. The minimum atomic E-state index is -0.328. The average molecular weight is 478 g/mol. The first-order valence-corrected chi connectivity index (χ1v) is 12.2. The van der Waals surface area contributed by atoms with Gasteiger partial charge in [-0.25, -0.2) is 14.4 Å². The summed E-state index contributed by atoms with van der Waals surface area (Å²) in [6, 6.07) is 15.7. The zero-order valence-electron chi connectivity index (χ0n) is 18.5. The van der Waals surface area contributed by atoms with Gasteiger partial charge < -0.3 is 14.1 Å². The number of rotatable bonds is 8. The molecule has 1 aliphatic heterocycles. The Kier molecular flexibility index (Phi) is 6.87. The smallest absolute Gasteiger partial charge is 0.290 e. The Bertz CT molecular complexity index is 1270. The molecule has 2 aromatic heterocycles. The molecule has 0 saturated carbocycles. The fourth-order valence-corrected chi connectivity index (χ4v) is 5.00. The van der Waals surface area contributed by atoms with Crippen molar-refractivity contribution in [2.45, 2.75) is 36.4 Å². The van der Waals surface area contributed by atoms with E-state index < -0.39 is 0 Å². The first-order chi connectivity index (χ1) is 16.7. The number of ether oxygens (including phenoxy) is 1. The molecule has 1 fully saturated rings. The SMILES string of the molecule is O=C(c1oc2ccccc2c1CSc1ncccn1)N(Cc1cccc(F)c1)CC1CCCO1. The van der Waals surface area contributed by atoms with Crippen LogP contribution in [-0.2, 0) is 17.0 Å². The van der Waals surface area contributed by atoms with Gasteiger partial charge in [-0.3, -0.25) is 4.79 Å². The maximum Gasteiger partial charge on any atom is 0.290 e. The molecule has 174 valence electrons. The van der Waals surface area contributed by atoms with E-state index in [9.17, 15) is 9.18 Å². The summed E-state index contributed by atoms with van der Waals surface area (Å²) in [7, 11) is 0. The second-order valence-corrected chi connectivity index (χ2v) is 9.12. The summed E-state index contributed by atoms with van der Waals surface area (Å²) in [6.45, 7) is 1.37. The monoisotopic (exact) mass is 477 g/mol. The van der Waals surface area contributed by atoms with Gasteiger partial charge >= 0.3 is 0 Å². The van der Waals surface area contributed by atoms with Crippen LogP contribution in [0.1, 0.15) is 34.5 Å². The number of aromatic nitrogens is 2. The number of carbonyl (C=O) groups is 1. The van der Waals surface area contributed by atoms with Gasteiger partial charge in [0.15, 0.2) is 10.9 Å². The third-order valence-electron chi connectivity index (χ3n) is 5.78. The lowest BCUT2D eigenvalue weighted by molar-refractivity contribution is 0.0484. The first kappa shape index (κ1) is 22.6. The highest BCUT2D eigenvalue weighted by molar-refractivity contribution is 7.98. The van der Waals surface area contributed by atoms with Crippen LogP contribution >= 0.6 is 11.8 Å². The highest BCUT2D eigenvalue weighted by Gasteiger charge is 2.29. The third-order valence-corrected chi connectivity index (χ3v) is 6.68. The van der Waals surface area contributed by atoms with Crippen LogP contribution in [0.25, 0.3) is 11.0 Å². The number of nitrogens with zero attached hydrogens (tertiary/aromatic N) is 3. The number of thioether (sulfide) groups is 1. The minimum absolute atomic E-state index is 0.0440. The lowest BCUT2D eigenvalue weighted by atomic mass is 10.1. The van der Waals surface area contributed by atoms with Crippen LogP contribution in [0.3, 0.4) is 0 Å². The van der Waals surface area contributed by atoms with Crippen molar-refractivity contribution in [3.05, 3.63) is 89.7 Å². The fraction of sp³-hybridized carbons (Fsp3) is 0.269. The summed E-state index contributed by atoms with van der Waals surface area (Å²) in [4.78, 5) is 24.1. The molecule has 4 aromatic rings. The number of fused-ring (bicyclic) bond motifs is 1. The lowest BCUT2D eigenvalue weighted by Crippen LogP contribution is -2.37. The van der Waals surface area contributed by atoms with E-state index in [1.807, 2.05) is 30.3 Å². The molecule has 1 aliphatic rings. The molecular weight excluding hydrogens is 453 g/mol. The van der Waals surface area contributed by atoms with Gasteiger partial charge in [-0.05, 0) is 42.7 Å². The number of benzene rings is 2. The molecule has 2 aromatic carbocycles. The summed E-state index contributed by atoms with van der Waals surface area (Å²) in [5, 5.41) is 1.51. The number of furan rings is 1. The summed E-state index contributed by atoms with van der Waals surface area (Å²) in [5.41, 5.74) is 2.17. The normalized spacial score (nSPS) is 15.6. The Balaban J connectivity index is 1.47. The summed E-state index contributed by atoms with van der Waals surface area (Å²) < 4.78 is 25.8. The molecule has 1 amide bonds. The van der Waals surface area contributed by atoms with Crippen molar-refractivity contribution in [1.82, 2.24) is 14.9 Å². The summed E-state index contributed by atoms with van der Waals surface area (Å²) >= 11 is 1.45. The van der Waals surface area contributed by atoms with E-state index >= 15 is 0 Å². The quantitative estimate of drug-likeness (QED) is 0.247. The second kappa shape index (κ2) is 10.4. The van der Waals surface area contributed by atoms with E-state index in [1.54, 1.807) is 29.4 Å². The molecule has 5 rings (SSSR count). The molecule has 1 saturated heterocycles. The van der Waals surface area contributed by atoms with Crippen LogP contribution in [0.15, 0.2) is 76.6 Å². The Labute approximate surface area is 201 Å². The van der Waals surface area contributed by atoms with E-state index in [2.05, 4.69) is 9.97 Å². The average Bonchev–Trinajstić information content (AvgIpc) is 3.50. The Morgan fingerprint density at radius 2 is 1.97 bits per heavy atom. The molecule has 0 aliphatic carbocycles. The molecule has 34 heavy (non-hydrogen) atoms. The highest BCUT2D eigenvalue weighted by Crippen LogP contribution is 2.32. The van der Waals surface area contributed by atoms with Crippen LogP contribution in [0.5, 0.6) is 0 Å². The topological polar surface area (TPSA) is 68.5 Å². The largest absolute Gasteiger partial charge is 0.451 e. The van der Waals surface area contributed by atoms with Crippen molar-refractivity contribution in [1.29, 1.82) is 0 Å². The molecule has 1 unspecified atom stereocenters. The van der Waals surface area contributed by atoms with Gasteiger partial charge in [0.2, 0.25) is 0 Å². The van der Waals surface area contributed by atoms with Crippen LogP contribution in [-0.4, -0.2) is 40.0 Å². The molecular formula is C26H24FN3O3S. The van der Waals surface area contributed by atoms with Crippen LogP contribution in [0.2, 0.25) is 0 Å². The Morgan fingerprint density at radius 3 is 2.76 bits per heavy atom. The van der Waals surface area contributed by atoms with Crippen molar-refractivity contribution >= 4 is 28.6 Å². The van der Waals surface area contributed by atoms with Gasteiger partial charge in [0.25, 0.3) is 5.91 Å². The Hall–Kier alpha value is -3.23. The van der Waals surface area contributed by atoms with Crippen molar-refractivity contribution in [3.63, 3.8) is 0 Å². The van der Waals surface area contributed by atoms with Crippen LogP contribution in [0, 0.1) is 5.82 Å². The first-order valence-electron chi connectivity index (χ1n) is 11.2. The number of carbonyl (C=O) groups excluding carboxylic acids is 1. The highest BCUT2D eigenvalue weighted by atomic mass is 32.2. The van der Waals surface area contributed by atoms with Crippen molar-refractivity contribution in [3.8, 4) is 0 Å². The minimum Gasteiger partial charge on any atom is -0.451 e. The number of halogens is 1. The van der Waals surface area contributed by atoms with Gasteiger partial charge in [0, 0.05) is 48.8 Å². The molecule has 0 bridgehead atoms. The van der Waals surface area contributed by atoms with Crippen molar-refractivity contribution in [2.75, 3.05) is 13.2 Å². The number of hydrogen-bond acceptors (Lipinski definition) is 6. The zero-order valence-corrected chi connectivity index (χ0v) is 19.3.